The second-order valence-corrected chi connectivity index (χ2v) is 4.88. The van der Waals surface area contributed by atoms with Crippen LogP contribution in [-0.4, -0.2) is 23.1 Å². The number of hydrogen-bond acceptors (Lipinski definition) is 4. The number of aldehydes is 1. The van der Waals surface area contributed by atoms with Gasteiger partial charge in [-0.3, -0.25) is 9.59 Å². The molecule has 1 aromatic carbocycles. The van der Waals surface area contributed by atoms with E-state index in [1.54, 1.807) is 0 Å². The summed E-state index contributed by atoms with van der Waals surface area (Å²) in [5.74, 6) is 1.24. The van der Waals surface area contributed by atoms with E-state index in [0.29, 0.717) is 24.5 Å². The molecule has 0 amide bonds. The lowest BCUT2D eigenvalue weighted by Gasteiger charge is -2.09. The zero-order valence-corrected chi connectivity index (χ0v) is 11.4. The van der Waals surface area contributed by atoms with Gasteiger partial charge in [0.15, 0.2) is 6.29 Å². The first-order valence-electron chi connectivity index (χ1n) is 6.38. The summed E-state index contributed by atoms with van der Waals surface area (Å²) in [6.45, 7) is 4.82. The van der Waals surface area contributed by atoms with Crippen LogP contribution in [0.15, 0.2) is 35.1 Å². The molecule has 5 nitrogen and oxygen atoms in total. The number of ether oxygens (including phenoxy) is 1. The molecule has 20 heavy (non-hydrogen) atoms. The number of aromatic amines is 1. The summed E-state index contributed by atoms with van der Waals surface area (Å²) in [6, 6.07) is 8.82. The van der Waals surface area contributed by atoms with Gasteiger partial charge in [0.05, 0.1) is 17.9 Å². The molecule has 0 unspecified atom stereocenters. The van der Waals surface area contributed by atoms with Gasteiger partial charge in [0.1, 0.15) is 5.75 Å². The first kappa shape index (κ1) is 14.0. The maximum Gasteiger partial charge on any atom is 0.274 e. The standard InChI is InChI=1S/C15H16N2O3/c1-10(2)9-20-13-5-3-11(4-6-13)14-7-12(8-18)15(19)17-16-14/h3-8,10H,9H2,1-2H3,(H,17,19). The Kier molecular flexibility index (Phi) is 4.30. The van der Waals surface area contributed by atoms with Crippen molar-refractivity contribution in [2.45, 2.75) is 13.8 Å². The molecule has 1 N–H and O–H groups in total. The Morgan fingerprint density at radius 2 is 2.00 bits per heavy atom. The molecule has 0 spiro atoms. The lowest BCUT2D eigenvalue weighted by molar-refractivity contribution is 0.112. The minimum Gasteiger partial charge on any atom is -0.493 e. The van der Waals surface area contributed by atoms with E-state index < -0.39 is 5.56 Å². The average Bonchev–Trinajstić information content (AvgIpc) is 2.46. The van der Waals surface area contributed by atoms with Crippen molar-refractivity contribution in [1.82, 2.24) is 10.2 Å². The summed E-state index contributed by atoms with van der Waals surface area (Å²) in [5, 5.41) is 6.23. The van der Waals surface area contributed by atoms with Crippen LogP contribution in [0.3, 0.4) is 0 Å². The van der Waals surface area contributed by atoms with E-state index in [1.807, 2.05) is 24.3 Å². The Balaban J connectivity index is 2.21. The summed E-state index contributed by atoms with van der Waals surface area (Å²) in [5.41, 5.74) is 0.930. The maximum atomic E-state index is 11.3. The van der Waals surface area contributed by atoms with Crippen molar-refractivity contribution >= 4 is 6.29 Å². The number of rotatable bonds is 5. The molecule has 0 bridgehead atoms. The maximum absolute atomic E-state index is 11.3. The minimum atomic E-state index is -0.486. The highest BCUT2D eigenvalue weighted by molar-refractivity contribution is 5.76. The van der Waals surface area contributed by atoms with Gasteiger partial charge in [0.2, 0.25) is 0 Å². The molecule has 0 aliphatic rings. The van der Waals surface area contributed by atoms with Crippen molar-refractivity contribution in [3.63, 3.8) is 0 Å². The summed E-state index contributed by atoms with van der Waals surface area (Å²) < 4.78 is 5.59. The molecule has 0 radical (unpaired) electrons. The Labute approximate surface area is 116 Å². The first-order valence-corrected chi connectivity index (χ1v) is 6.38. The third kappa shape index (κ3) is 3.32. The molecule has 2 aromatic rings. The summed E-state index contributed by atoms with van der Waals surface area (Å²) in [4.78, 5) is 22.0. The molecule has 0 saturated heterocycles. The van der Waals surface area contributed by atoms with Crippen LogP contribution in [0.1, 0.15) is 24.2 Å². The van der Waals surface area contributed by atoms with Gasteiger partial charge in [-0.2, -0.15) is 5.10 Å². The molecule has 104 valence electrons. The normalized spacial score (nSPS) is 10.6. The predicted molar refractivity (Wildman–Crippen MR) is 76.0 cm³/mol. The summed E-state index contributed by atoms with van der Waals surface area (Å²) in [6.07, 6.45) is 0.518. The van der Waals surface area contributed by atoms with E-state index in [-0.39, 0.29) is 5.56 Å². The van der Waals surface area contributed by atoms with Gasteiger partial charge in [0.25, 0.3) is 5.56 Å². The Hall–Kier alpha value is -2.43. The molecule has 1 aromatic heterocycles. The fourth-order valence-electron chi connectivity index (χ4n) is 1.64. The fourth-order valence-corrected chi connectivity index (χ4v) is 1.64. The molecular formula is C15H16N2O3. The van der Waals surface area contributed by atoms with Gasteiger partial charge < -0.3 is 4.74 Å². The number of aromatic nitrogens is 2. The van der Waals surface area contributed by atoms with E-state index in [4.69, 9.17) is 4.74 Å². The number of nitrogens with zero attached hydrogens (tertiary/aromatic N) is 1. The zero-order chi connectivity index (χ0) is 14.5. The first-order chi connectivity index (χ1) is 9.60. The van der Waals surface area contributed by atoms with Crippen LogP contribution in [0.4, 0.5) is 0 Å². The van der Waals surface area contributed by atoms with Gasteiger partial charge in [-0.15, -0.1) is 0 Å². The SMILES string of the molecule is CC(C)COc1ccc(-c2cc(C=O)c(=O)[nH]n2)cc1. The fraction of sp³-hybridized carbons (Fsp3) is 0.267. The highest BCUT2D eigenvalue weighted by Gasteiger charge is 2.05. The van der Waals surface area contributed by atoms with Crippen LogP contribution in [0.25, 0.3) is 11.3 Å². The molecule has 2 rings (SSSR count). The smallest absolute Gasteiger partial charge is 0.274 e. The number of carbonyl (C=O) groups excluding carboxylic acids is 1. The van der Waals surface area contributed by atoms with Gasteiger partial charge in [-0.05, 0) is 36.2 Å². The van der Waals surface area contributed by atoms with Crippen LogP contribution >= 0.6 is 0 Å². The van der Waals surface area contributed by atoms with Gasteiger partial charge in [-0.25, -0.2) is 5.10 Å². The number of benzene rings is 1. The molecule has 0 fully saturated rings. The number of carbonyl (C=O) groups is 1. The monoisotopic (exact) mass is 272 g/mol. The van der Waals surface area contributed by atoms with E-state index in [2.05, 4.69) is 24.0 Å². The largest absolute Gasteiger partial charge is 0.493 e. The molecular weight excluding hydrogens is 256 g/mol. The molecule has 0 atom stereocenters. The van der Waals surface area contributed by atoms with Crippen molar-refractivity contribution in [3.8, 4) is 17.0 Å². The van der Waals surface area contributed by atoms with Crippen LogP contribution < -0.4 is 10.3 Å². The number of hydrogen-bond donors (Lipinski definition) is 1. The predicted octanol–water partition coefficient (Wildman–Crippen LogP) is 2.28. The lowest BCUT2D eigenvalue weighted by Crippen LogP contribution is -2.13. The Morgan fingerprint density at radius 3 is 2.60 bits per heavy atom. The Bertz CT molecular complexity index is 645. The summed E-state index contributed by atoms with van der Waals surface area (Å²) in [7, 11) is 0. The Morgan fingerprint density at radius 1 is 1.30 bits per heavy atom. The van der Waals surface area contributed by atoms with E-state index in [9.17, 15) is 9.59 Å². The summed E-state index contributed by atoms with van der Waals surface area (Å²) >= 11 is 0. The van der Waals surface area contributed by atoms with Crippen LogP contribution in [0.2, 0.25) is 0 Å². The van der Waals surface area contributed by atoms with Crippen molar-refractivity contribution in [3.05, 3.63) is 46.2 Å². The molecule has 0 aliphatic heterocycles. The zero-order valence-electron chi connectivity index (χ0n) is 11.4. The third-order valence-electron chi connectivity index (χ3n) is 2.69. The van der Waals surface area contributed by atoms with E-state index in [1.165, 1.54) is 6.07 Å². The van der Waals surface area contributed by atoms with Crippen molar-refractivity contribution in [1.29, 1.82) is 0 Å². The van der Waals surface area contributed by atoms with Crippen molar-refractivity contribution in [2.75, 3.05) is 6.61 Å². The van der Waals surface area contributed by atoms with Crippen molar-refractivity contribution in [2.24, 2.45) is 5.92 Å². The number of H-pyrrole nitrogens is 1. The van der Waals surface area contributed by atoms with Gasteiger partial charge in [0, 0.05) is 5.56 Å². The number of nitrogens with one attached hydrogen (secondary N) is 1. The highest BCUT2D eigenvalue weighted by Crippen LogP contribution is 2.20. The minimum absolute atomic E-state index is 0.0649. The average molecular weight is 272 g/mol. The lowest BCUT2D eigenvalue weighted by atomic mass is 10.1. The molecule has 1 heterocycles. The van der Waals surface area contributed by atoms with Crippen LogP contribution in [0, 0.1) is 5.92 Å². The second kappa shape index (κ2) is 6.14. The topological polar surface area (TPSA) is 72.1 Å². The molecule has 5 heteroatoms. The third-order valence-corrected chi connectivity index (χ3v) is 2.69. The second-order valence-electron chi connectivity index (χ2n) is 4.88. The van der Waals surface area contributed by atoms with Crippen molar-refractivity contribution < 1.29 is 9.53 Å². The quantitative estimate of drug-likeness (QED) is 0.848. The van der Waals surface area contributed by atoms with E-state index in [0.717, 1.165) is 11.3 Å². The van der Waals surface area contributed by atoms with Gasteiger partial charge >= 0.3 is 0 Å². The van der Waals surface area contributed by atoms with E-state index >= 15 is 0 Å². The molecule has 0 aliphatic carbocycles. The van der Waals surface area contributed by atoms with Crippen LogP contribution in [0.5, 0.6) is 5.75 Å². The van der Waals surface area contributed by atoms with Crippen LogP contribution in [-0.2, 0) is 0 Å². The highest BCUT2D eigenvalue weighted by atomic mass is 16.5. The van der Waals surface area contributed by atoms with Gasteiger partial charge in [-0.1, -0.05) is 13.8 Å². The molecule has 0 saturated carbocycles.